The van der Waals surface area contributed by atoms with Crippen molar-refractivity contribution >= 4 is 10.1 Å². The third-order valence-corrected chi connectivity index (χ3v) is 4.12. The Morgan fingerprint density at radius 3 is 2.42 bits per heavy atom. The van der Waals surface area contributed by atoms with E-state index in [1.54, 1.807) is 27.7 Å². The summed E-state index contributed by atoms with van der Waals surface area (Å²) in [6.45, 7) is 6.93. The monoisotopic (exact) mass is 365 g/mol. The van der Waals surface area contributed by atoms with Gasteiger partial charge in [0.15, 0.2) is 11.6 Å². The highest BCUT2D eigenvalue weighted by molar-refractivity contribution is 7.86. The number of hydrogen-bond donors (Lipinski definition) is 0. The average Bonchev–Trinajstić information content (AvgIpc) is 2.92. The van der Waals surface area contributed by atoms with E-state index in [9.17, 15) is 8.42 Å². The van der Waals surface area contributed by atoms with Crippen molar-refractivity contribution in [1.29, 1.82) is 0 Å². The van der Waals surface area contributed by atoms with Crippen molar-refractivity contribution < 1.29 is 31.5 Å². The molecule has 10 nitrogen and oxygen atoms in total. The van der Waals surface area contributed by atoms with Gasteiger partial charge in [-0.05, 0) is 33.2 Å². The van der Waals surface area contributed by atoms with Crippen molar-refractivity contribution in [1.82, 2.24) is 0 Å². The topological polar surface area (TPSA) is 129 Å². The van der Waals surface area contributed by atoms with Crippen LogP contribution < -0.4 is 0 Å². The fraction of sp³-hybridized carbons (Fsp3) is 1.00. The van der Waals surface area contributed by atoms with Crippen LogP contribution in [0.3, 0.4) is 0 Å². The van der Waals surface area contributed by atoms with E-state index in [0.29, 0.717) is 0 Å². The lowest BCUT2D eigenvalue weighted by Crippen LogP contribution is -2.48. The Morgan fingerprint density at radius 1 is 1.25 bits per heavy atom. The molecule has 0 radical (unpaired) electrons. The van der Waals surface area contributed by atoms with Crippen LogP contribution in [0, 0.1) is 0 Å². The number of hydrogen-bond acceptors (Lipinski definition) is 8. The summed E-state index contributed by atoms with van der Waals surface area (Å²) in [5.41, 5.74) is 8.54. The minimum absolute atomic E-state index is 0.0226. The molecule has 2 heterocycles. The largest absolute Gasteiger partial charge is 0.348 e. The normalized spacial score (nSPS) is 33.1. The molecule has 138 valence electrons. The van der Waals surface area contributed by atoms with Gasteiger partial charge in [0.1, 0.15) is 18.3 Å². The lowest BCUT2D eigenvalue weighted by Gasteiger charge is -2.29. The van der Waals surface area contributed by atoms with Gasteiger partial charge in [0, 0.05) is 4.91 Å². The molecule has 2 fully saturated rings. The van der Waals surface area contributed by atoms with E-state index in [0.717, 1.165) is 6.26 Å². The zero-order valence-electron chi connectivity index (χ0n) is 14.3. The van der Waals surface area contributed by atoms with Gasteiger partial charge in [-0.25, -0.2) is 0 Å². The van der Waals surface area contributed by atoms with Crippen LogP contribution >= 0.6 is 0 Å². The highest BCUT2D eigenvalue weighted by Crippen LogP contribution is 2.36. The first kappa shape index (κ1) is 19.4. The molecule has 11 heteroatoms. The van der Waals surface area contributed by atoms with Crippen molar-refractivity contribution in [3.8, 4) is 0 Å². The molecular formula is C13H23N3O7S. The molecule has 2 aliphatic rings. The molecular weight excluding hydrogens is 342 g/mol. The summed E-state index contributed by atoms with van der Waals surface area (Å²) >= 11 is 0. The molecule has 0 aromatic carbocycles. The number of rotatable bonds is 6. The minimum atomic E-state index is -3.79. The first-order valence-electron chi connectivity index (χ1n) is 7.49. The van der Waals surface area contributed by atoms with E-state index in [4.69, 9.17) is 28.7 Å². The van der Waals surface area contributed by atoms with Crippen LogP contribution in [0.4, 0.5) is 0 Å². The van der Waals surface area contributed by atoms with Gasteiger partial charge >= 0.3 is 0 Å². The predicted molar refractivity (Wildman–Crippen MR) is 82.5 cm³/mol. The molecule has 0 bridgehead atoms. The maximum absolute atomic E-state index is 11.7. The molecule has 0 aromatic heterocycles. The molecule has 2 aliphatic heterocycles. The number of azide groups is 1. The summed E-state index contributed by atoms with van der Waals surface area (Å²) in [5, 5.41) is 3.50. The zero-order valence-corrected chi connectivity index (χ0v) is 15.1. The van der Waals surface area contributed by atoms with Crippen LogP contribution in [0.25, 0.3) is 10.4 Å². The maximum Gasteiger partial charge on any atom is 0.264 e. The summed E-state index contributed by atoms with van der Waals surface area (Å²) in [5.74, 6) is -1.84. The Morgan fingerprint density at radius 2 is 1.92 bits per heavy atom. The minimum Gasteiger partial charge on any atom is -0.348 e. The molecule has 0 aliphatic carbocycles. The average molecular weight is 365 g/mol. The highest BCUT2D eigenvalue weighted by Gasteiger charge is 2.51. The van der Waals surface area contributed by atoms with Crippen LogP contribution in [0.2, 0.25) is 0 Å². The smallest absolute Gasteiger partial charge is 0.264 e. The van der Waals surface area contributed by atoms with Gasteiger partial charge in [-0.2, -0.15) is 8.42 Å². The SMILES string of the molecule is CC1(C)OC[C@H]([C@@H](OS(C)(=O)=O)[C@@H]2OC(C)(C)O[C@@H]2CN=[N+]=[N-])O1. The Labute approximate surface area is 141 Å². The van der Waals surface area contributed by atoms with Crippen LogP contribution in [0.5, 0.6) is 0 Å². The third-order valence-electron chi connectivity index (χ3n) is 3.55. The van der Waals surface area contributed by atoms with Gasteiger partial charge in [0.25, 0.3) is 10.1 Å². The van der Waals surface area contributed by atoms with Crippen LogP contribution in [0.15, 0.2) is 5.11 Å². The second-order valence-electron chi connectivity index (χ2n) is 6.68. The van der Waals surface area contributed by atoms with E-state index >= 15 is 0 Å². The van der Waals surface area contributed by atoms with E-state index in [1.807, 2.05) is 0 Å². The summed E-state index contributed by atoms with van der Waals surface area (Å²) < 4.78 is 51.4. The van der Waals surface area contributed by atoms with Gasteiger partial charge in [0.05, 0.1) is 25.5 Å². The van der Waals surface area contributed by atoms with Crippen molar-refractivity contribution in [3.63, 3.8) is 0 Å². The summed E-state index contributed by atoms with van der Waals surface area (Å²) in [6, 6.07) is 0. The first-order valence-corrected chi connectivity index (χ1v) is 9.31. The van der Waals surface area contributed by atoms with Crippen LogP contribution in [-0.2, 0) is 33.2 Å². The van der Waals surface area contributed by atoms with Crippen LogP contribution in [0.1, 0.15) is 27.7 Å². The standard InChI is InChI=1S/C13H23N3O7S/c1-12(2)19-7-9(21-12)11(23-24(5,17)18)10-8(6-15-16-14)20-13(3,4)22-10/h8-11H,6-7H2,1-5H3/t8-,9-,10-,11-/m1/s1. The highest BCUT2D eigenvalue weighted by atomic mass is 32.2. The van der Waals surface area contributed by atoms with E-state index in [-0.39, 0.29) is 13.2 Å². The molecule has 2 rings (SSSR count). The fourth-order valence-corrected chi connectivity index (χ4v) is 3.44. The number of ether oxygens (including phenoxy) is 4. The number of nitrogens with zero attached hydrogens (tertiary/aromatic N) is 3. The van der Waals surface area contributed by atoms with Crippen molar-refractivity contribution in [2.24, 2.45) is 5.11 Å². The molecule has 0 amide bonds. The zero-order chi connectivity index (χ0) is 18.2. The maximum atomic E-state index is 11.7. The third kappa shape index (κ3) is 5.03. The Hall–Kier alpha value is -0.940. The first-order chi connectivity index (χ1) is 10.9. The second kappa shape index (κ2) is 6.75. The molecule has 0 spiro atoms. The summed E-state index contributed by atoms with van der Waals surface area (Å²) in [7, 11) is -3.79. The summed E-state index contributed by atoms with van der Waals surface area (Å²) in [6.07, 6.45) is -2.20. The van der Waals surface area contributed by atoms with Gasteiger partial charge < -0.3 is 18.9 Å². The van der Waals surface area contributed by atoms with Gasteiger partial charge in [-0.1, -0.05) is 5.11 Å². The molecule has 24 heavy (non-hydrogen) atoms. The molecule has 0 saturated carbocycles. The Bertz CT molecular complexity index is 615. The Balaban J connectivity index is 2.28. The van der Waals surface area contributed by atoms with Gasteiger partial charge in [-0.3, -0.25) is 4.18 Å². The van der Waals surface area contributed by atoms with Crippen molar-refractivity contribution in [3.05, 3.63) is 10.4 Å². The van der Waals surface area contributed by atoms with Crippen LogP contribution in [-0.4, -0.2) is 63.8 Å². The molecule has 4 atom stereocenters. The van der Waals surface area contributed by atoms with Gasteiger partial charge in [-0.15, -0.1) is 0 Å². The Kier molecular flexibility index (Phi) is 5.46. The molecule has 0 unspecified atom stereocenters. The quantitative estimate of drug-likeness (QED) is 0.300. The molecule has 0 N–H and O–H groups in total. The van der Waals surface area contributed by atoms with E-state index in [2.05, 4.69) is 10.0 Å². The van der Waals surface area contributed by atoms with E-state index < -0.39 is 46.1 Å². The summed E-state index contributed by atoms with van der Waals surface area (Å²) in [4.78, 5) is 2.71. The molecule has 2 saturated heterocycles. The lowest BCUT2D eigenvalue weighted by molar-refractivity contribution is -0.174. The lowest BCUT2D eigenvalue weighted by atomic mass is 10.0. The van der Waals surface area contributed by atoms with Crippen molar-refractivity contribution in [2.75, 3.05) is 19.4 Å². The predicted octanol–water partition coefficient (Wildman–Crippen LogP) is 1.31. The second-order valence-corrected chi connectivity index (χ2v) is 8.28. The fourth-order valence-electron chi connectivity index (χ4n) is 2.81. The van der Waals surface area contributed by atoms with Crippen molar-refractivity contribution in [2.45, 2.75) is 63.7 Å². The van der Waals surface area contributed by atoms with Gasteiger partial charge in [0.2, 0.25) is 0 Å². The molecule has 0 aromatic rings. The van der Waals surface area contributed by atoms with E-state index in [1.165, 1.54) is 0 Å².